The molecule has 0 fully saturated rings. The molecule has 0 saturated carbocycles. The van der Waals surface area contributed by atoms with E-state index in [0.29, 0.717) is 17.5 Å². The Morgan fingerprint density at radius 2 is 2.58 bits per heavy atom. The topological polar surface area (TPSA) is 68.4 Å². The third kappa shape index (κ3) is 2.17. The van der Waals surface area contributed by atoms with Crippen molar-refractivity contribution in [1.82, 2.24) is 4.98 Å². The lowest BCUT2D eigenvalue weighted by molar-refractivity contribution is 0.181. The normalized spacial score (nSPS) is 12.9. The van der Waals surface area contributed by atoms with E-state index >= 15 is 0 Å². The molecule has 1 unspecified atom stereocenters. The summed E-state index contributed by atoms with van der Waals surface area (Å²) in [5, 5.41) is 11.6. The summed E-state index contributed by atoms with van der Waals surface area (Å²) in [6, 6.07) is 0. The van der Waals surface area contributed by atoms with Gasteiger partial charge in [0.2, 0.25) is 0 Å². The van der Waals surface area contributed by atoms with Crippen LogP contribution >= 0.6 is 11.3 Å². The Bertz CT molecular complexity index is 239. The second kappa shape index (κ2) is 4.39. The fourth-order valence-corrected chi connectivity index (χ4v) is 1.51. The van der Waals surface area contributed by atoms with E-state index < -0.39 is 6.10 Å². The molecule has 1 aromatic rings. The van der Waals surface area contributed by atoms with E-state index in [0.717, 1.165) is 0 Å². The SMILES string of the molecule is CCOc1nc(C(O)CN)cs1. The molecule has 1 heterocycles. The Labute approximate surface area is 75.0 Å². The zero-order valence-corrected chi connectivity index (χ0v) is 7.67. The lowest BCUT2D eigenvalue weighted by Crippen LogP contribution is -2.11. The molecular formula is C7H12N2O2S. The van der Waals surface area contributed by atoms with E-state index in [4.69, 9.17) is 10.5 Å². The van der Waals surface area contributed by atoms with Crippen LogP contribution in [0.4, 0.5) is 0 Å². The summed E-state index contributed by atoms with van der Waals surface area (Å²) in [4.78, 5) is 4.04. The summed E-state index contributed by atoms with van der Waals surface area (Å²) in [6.45, 7) is 2.67. The van der Waals surface area contributed by atoms with Gasteiger partial charge < -0.3 is 15.6 Å². The lowest BCUT2D eigenvalue weighted by atomic mass is 10.3. The van der Waals surface area contributed by atoms with E-state index in [1.807, 2.05) is 6.92 Å². The molecule has 1 aromatic heterocycles. The average molecular weight is 188 g/mol. The maximum atomic E-state index is 9.27. The minimum atomic E-state index is -0.671. The van der Waals surface area contributed by atoms with E-state index in [1.165, 1.54) is 11.3 Å². The fraction of sp³-hybridized carbons (Fsp3) is 0.571. The van der Waals surface area contributed by atoms with Crippen LogP contribution < -0.4 is 10.5 Å². The molecule has 0 spiro atoms. The number of hydrogen-bond donors (Lipinski definition) is 2. The zero-order valence-electron chi connectivity index (χ0n) is 6.86. The number of aliphatic hydroxyl groups is 1. The van der Waals surface area contributed by atoms with E-state index in [1.54, 1.807) is 5.38 Å². The van der Waals surface area contributed by atoms with Crippen LogP contribution in [-0.2, 0) is 0 Å². The van der Waals surface area contributed by atoms with Crippen molar-refractivity contribution in [2.24, 2.45) is 5.73 Å². The highest BCUT2D eigenvalue weighted by molar-refractivity contribution is 7.11. The monoisotopic (exact) mass is 188 g/mol. The van der Waals surface area contributed by atoms with Crippen LogP contribution in [-0.4, -0.2) is 23.2 Å². The third-order valence-electron chi connectivity index (χ3n) is 1.33. The van der Waals surface area contributed by atoms with Gasteiger partial charge in [0.25, 0.3) is 5.19 Å². The number of hydrogen-bond acceptors (Lipinski definition) is 5. The van der Waals surface area contributed by atoms with E-state index in [2.05, 4.69) is 4.98 Å². The summed E-state index contributed by atoms with van der Waals surface area (Å²) >= 11 is 1.37. The van der Waals surface area contributed by atoms with Gasteiger partial charge in [-0.2, -0.15) is 0 Å². The maximum absolute atomic E-state index is 9.27. The van der Waals surface area contributed by atoms with Crippen LogP contribution in [0.15, 0.2) is 5.38 Å². The molecule has 68 valence electrons. The van der Waals surface area contributed by atoms with Crippen molar-refractivity contribution >= 4 is 11.3 Å². The summed E-state index contributed by atoms with van der Waals surface area (Å²) in [6.07, 6.45) is -0.671. The van der Waals surface area contributed by atoms with Gasteiger partial charge in [0.05, 0.1) is 12.3 Å². The molecule has 0 aromatic carbocycles. The fourth-order valence-electron chi connectivity index (χ4n) is 0.732. The van der Waals surface area contributed by atoms with Gasteiger partial charge >= 0.3 is 0 Å². The Kier molecular flexibility index (Phi) is 3.46. The molecule has 0 aliphatic rings. The molecule has 0 saturated heterocycles. The van der Waals surface area contributed by atoms with Crippen LogP contribution in [0.25, 0.3) is 0 Å². The molecule has 0 bridgehead atoms. The highest BCUT2D eigenvalue weighted by atomic mass is 32.1. The van der Waals surface area contributed by atoms with Crippen LogP contribution in [0, 0.1) is 0 Å². The predicted molar refractivity (Wildman–Crippen MR) is 47.3 cm³/mol. The van der Waals surface area contributed by atoms with Gasteiger partial charge in [0.15, 0.2) is 0 Å². The van der Waals surface area contributed by atoms with Crippen LogP contribution in [0.2, 0.25) is 0 Å². The summed E-state index contributed by atoms with van der Waals surface area (Å²) in [5.74, 6) is 0. The quantitative estimate of drug-likeness (QED) is 0.723. The summed E-state index contributed by atoms with van der Waals surface area (Å²) in [5.41, 5.74) is 5.85. The van der Waals surface area contributed by atoms with E-state index in [-0.39, 0.29) is 6.54 Å². The van der Waals surface area contributed by atoms with Crippen molar-refractivity contribution in [3.05, 3.63) is 11.1 Å². The number of aliphatic hydroxyl groups excluding tert-OH is 1. The van der Waals surface area contributed by atoms with Crippen molar-refractivity contribution in [2.45, 2.75) is 13.0 Å². The van der Waals surface area contributed by atoms with Crippen molar-refractivity contribution in [2.75, 3.05) is 13.2 Å². The smallest absolute Gasteiger partial charge is 0.273 e. The first-order valence-electron chi connectivity index (χ1n) is 3.74. The molecule has 12 heavy (non-hydrogen) atoms. The standard InChI is InChI=1S/C7H12N2O2S/c1-2-11-7-9-5(4-12-7)6(10)3-8/h4,6,10H,2-3,8H2,1H3. The minimum Gasteiger partial charge on any atom is -0.470 e. The van der Waals surface area contributed by atoms with Gasteiger partial charge in [0, 0.05) is 11.9 Å². The zero-order chi connectivity index (χ0) is 8.97. The number of rotatable bonds is 4. The third-order valence-corrected chi connectivity index (χ3v) is 2.10. The Morgan fingerprint density at radius 3 is 3.17 bits per heavy atom. The average Bonchev–Trinajstić information content (AvgIpc) is 2.52. The minimum absolute atomic E-state index is 0.190. The molecule has 5 heteroatoms. The van der Waals surface area contributed by atoms with Gasteiger partial charge in [0.1, 0.15) is 6.10 Å². The number of nitrogens with zero attached hydrogens (tertiary/aromatic N) is 1. The van der Waals surface area contributed by atoms with Gasteiger partial charge in [-0.1, -0.05) is 11.3 Å². The van der Waals surface area contributed by atoms with Crippen LogP contribution in [0.5, 0.6) is 5.19 Å². The molecule has 0 radical (unpaired) electrons. The van der Waals surface area contributed by atoms with Gasteiger partial charge in [-0.05, 0) is 6.92 Å². The number of aromatic nitrogens is 1. The Balaban J connectivity index is 2.63. The molecule has 1 atom stereocenters. The number of thiazole rings is 1. The predicted octanol–water partition coefficient (Wildman–Crippen LogP) is 0.534. The van der Waals surface area contributed by atoms with Crippen LogP contribution in [0.3, 0.4) is 0 Å². The highest BCUT2D eigenvalue weighted by Gasteiger charge is 2.09. The van der Waals surface area contributed by atoms with Gasteiger partial charge in [-0.3, -0.25) is 0 Å². The van der Waals surface area contributed by atoms with E-state index in [9.17, 15) is 5.11 Å². The second-order valence-electron chi connectivity index (χ2n) is 2.22. The highest BCUT2D eigenvalue weighted by Crippen LogP contribution is 2.21. The molecule has 0 aliphatic heterocycles. The van der Waals surface area contributed by atoms with Gasteiger partial charge in [-0.15, -0.1) is 0 Å². The van der Waals surface area contributed by atoms with Gasteiger partial charge in [-0.25, -0.2) is 4.98 Å². The van der Waals surface area contributed by atoms with Crippen molar-refractivity contribution in [3.8, 4) is 5.19 Å². The molecule has 4 nitrogen and oxygen atoms in total. The first-order chi connectivity index (χ1) is 5.77. The Hall–Kier alpha value is -0.650. The molecule has 3 N–H and O–H groups in total. The lowest BCUT2D eigenvalue weighted by Gasteiger charge is -2.01. The van der Waals surface area contributed by atoms with Crippen molar-refractivity contribution in [3.63, 3.8) is 0 Å². The van der Waals surface area contributed by atoms with Crippen LogP contribution in [0.1, 0.15) is 18.7 Å². The number of nitrogens with two attached hydrogens (primary N) is 1. The molecule has 0 aliphatic carbocycles. The largest absolute Gasteiger partial charge is 0.470 e. The molecular weight excluding hydrogens is 176 g/mol. The number of ether oxygens (including phenoxy) is 1. The molecule has 0 amide bonds. The molecule has 1 rings (SSSR count). The first kappa shape index (κ1) is 9.44. The summed E-state index contributed by atoms with van der Waals surface area (Å²) in [7, 11) is 0. The maximum Gasteiger partial charge on any atom is 0.273 e. The Morgan fingerprint density at radius 1 is 1.83 bits per heavy atom. The first-order valence-corrected chi connectivity index (χ1v) is 4.62. The second-order valence-corrected chi connectivity index (χ2v) is 3.04. The van der Waals surface area contributed by atoms with Crippen molar-refractivity contribution in [1.29, 1.82) is 0 Å². The van der Waals surface area contributed by atoms with Crippen molar-refractivity contribution < 1.29 is 9.84 Å². The summed E-state index contributed by atoms with van der Waals surface area (Å²) < 4.78 is 5.14.